The van der Waals surface area contributed by atoms with Gasteiger partial charge in [0.2, 0.25) is 5.91 Å². The van der Waals surface area contributed by atoms with Crippen molar-refractivity contribution in [2.75, 3.05) is 13.1 Å². The smallest absolute Gasteiger partial charge is 0.325 e. The minimum absolute atomic E-state index is 0.279. The number of benzene rings is 2. The first-order valence-corrected chi connectivity index (χ1v) is 9.02. The van der Waals surface area contributed by atoms with Crippen molar-refractivity contribution in [3.8, 4) is 0 Å². The van der Waals surface area contributed by atoms with Crippen LogP contribution in [0.15, 0.2) is 48.5 Å². The second-order valence-electron chi connectivity index (χ2n) is 7.04. The van der Waals surface area contributed by atoms with Gasteiger partial charge < -0.3 is 10.6 Å². The molecule has 1 aliphatic rings. The van der Waals surface area contributed by atoms with Crippen molar-refractivity contribution in [1.82, 2.24) is 15.5 Å². The summed E-state index contributed by atoms with van der Waals surface area (Å²) >= 11 is 0. The molecule has 28 heavy (non-hydrogen) atoms. The quantitative estimate of drug-likeness (QED) is 0.751. The van der Waals surface area contributed by atoms with Crippen LogP contribution in [0.4, 0.5) is 9.18 Å². The van der Waals surface area contributed by atoms with Crippen molar-refractivity contribution in [2.45, 2.75) is 25.8 Å². The van der Waals surface area contributed by atoms with Gasteiger partial charge in [-0.2, -0.15) is 0 Å². The van der Waals surface area contributed by atoms with E-state index in [9.17, 15) is 18.8 Å². The summed E-state index contributed by atoms with van der Waals surface area (Å²) in [6.45, 7) is 3.47. The molecule has 2 aromatic rings. The van der Waals surface area contributed by atoms with Crippen LogP contribution in [0.2, 0.25) is 0 Å². The number of hydrogen-bond acceptors (Lipinski definition) is 3. The molecule has 1 saturated heterocycles. The second kappa shape index (κ2) is 7.80. The number of rotatable bonds is 6. The zero-order chi connectivity index (χ0) is 20.3. The third-order valence-corrected chi connectivity index (χ3v) is 4.83. The molecule has 1 atom stereocenters. The molecule has 0 aliphatic carbocycles. The van der Waals surface area contributed by atoms with Crippen LogP contribution in [0, 0.1) is 12.7 Å². The fraction of sp³-hybridized carbons (Fsp3) is 0.286. The number of carbonyl (C=O) groups is 3. The Morgan fingerprint density at radius 1 is 1.18 bits per heavy atom. The van der Waals surface area contributed by atoms with Gasteiger partial charge >= 0.3 is 6.03 Å². The van der Waals surface area contributed by atoms with Crippen molar-refractivity contribution in [3.63, 3.8) is 0 Å². The highest BCUT2D eigenvalue weighted by Gasteiger charge is 2.49. The molecule has 3 rings (SSSR count). The van der Waals surface area contributed by atoms with Crippen LogP contribution in [0.5, 0.6) is 0 Å². The molecule has 7 heteroatoms. The Morgan fingerprint density at radius 3 is 2.57 bits per heavy atom. The van der Waals surface area contributed by atoms with E-state index in [1.54, 1.807) is 31.2 Å². The summed E-state index contributed by atoms with van der Waals surface area (Å²) < 4.78 is 13.2. The fourth-order valence-corrected chi connectivity index (χ4v) is 3.16. The van der Waals surface area contributed by atoms with E-state index < -0.39 is 23.4 Å². The van der Waals surface area contributed by atoms with Crippen molar-refractivity contribution in [2.24, 2.45) is 0 Å². The molecule has 2 N–H and O–H groups in total. The summed E-state index contributed by atoms with van der Waals surface area (Å²) in [5.41, 5.74) is 1.25. The monoisotopic (exact) mass is 383 g/mol. The topological polar surface area (TPSA) is 78.5 Å². The molecule has 1 fully saturated rings. The summed E-state index contributed by atoms with van der Waals surface area (Å²) in [5, 5.41) is 5.33. The van der Waals surface area contributed by atoms with Gasteiger partial charge in [0.15, 0.2) is 0 Å². The van der Waals surface area contributed by atoms with Gasteiger partial charge in [0.25, 0.3) is 5.91 Å². The van der Waals surface area contributed by atoms with Gasteiger partial charge in [-0.25, -0.2) is 9.18 Å². The fourth-order valence-electron chi connectivity index (χ4n) is 3.16. The van der Waals surface area contributed by atoms with Crippen LogP contribution in [-0.2, 0) is 21.5 Å². The average molecular weight is 383 g/mol. The average Bonchev–Trinajstić information content (AvgIpc) is 2.86. The molecule has 0 spiro atoms. The van der Waals surface area contributed by atoms with Gasteiger partial charge in [0.05, 0.1) is 0 Å². The number of hydrogen-bond donors (Lipinski definition) is 2. The van der Waals surface area contributed by atoms with E-state index in [1.807, 2.05) is 19.1 Å². The molecule has 1 aliphatic heterocycles. The zero-order valence-corrected chi connectivity index (χ0v) is 15.8. The number of amides is 4. The largest absolute Gasteiger partial charge is 0.354 e. The maximum Gasteiger partial charge on any atom is 0.325 e. The molecule has 6 nitrogen and oxygen atoms in total. The predicted molar refractivity (Wildman–Crippen MR) is 102 cm³/mol. The standard InChI is InChI=1S/C21H22FN3O3/c1-14-6-8-16(9-7-14)21(2)19(27)25(20(28)24-21)13-18(26)23-11-10-15-4-3-5-17(22)12-15/h3-9,12H,10-11,13H2,1-2H3,(H,23,26)(H,24,28). The van der Waals surface area contributed by atoms with Crippen molar-refractivity contribution in [3.05, 3.63) is 71.0 Å². The Morgan fingerprint density at radius 2 is 1.89 bits per heavy atom. The summed E-state index contributed by atoms with van der Waals surface area (Å²) in [5.74, 6) is -1.26. The number of imide groups is 1. The van der Waals surface area contributed by atoms with Gasteiger partial charge in [-0.1, -0.05) is 42.0 Å². The number of halogens is 1. The molecule has 0 saturated carbocycles. The first-order valence-electron chi connectivity index (χ1n) is 9.02. The predicted octanol–water partition coefficient (Wildman–Crippen LogP) is 2.26. The Bertz CT molecular complexity index is 913. The molecule has 0 bridgehead atoms. The minimum Gasteiger partial charge on any atom is -0.354 e. The van der Waals surface area contributed by atoms with E-state index in [2.05, 4.69) is 10.6 Å². The van der Waals surface area contributed by atoms with Crippen LogP contribution in [0.3, 0.4) is 0 Å². The molecule has 0 radical (unpaired) electrons. The van der Waals surface area contributed by atoms with Crippen molar-refractivity contribution >= 4 is 17.8 Å². The molecule has 1 unspecified atom stereocenters. The second-order valence-corrected chi connectivity index (χ2v) is 7.04. The van der Waals surface area contributed by atoms with Crippen molar-refractivity contribution in [1.29, 1.82) is 0 Å². The molecular weight excluding hydrogens is 361 g/mol. The molecule has 146 valence electrons. The van der Waals surface area contributed by atoms with Crippen LogP contribution in [0.1, 0.15) is 23.6 Å². The maximum absolute atomic E-state index is 13.2. The Hall–Kier alpha value is -3.22. The third-order valence-electron chi connectivity index (χ3n) is 4.83. The SMILES string of the molecule is Cc1ccc(C2(C)NC(=O)N(CC(=O)NCCc3cccc(F)c3)C2=O)cc1. The zero-order valence-electron chi connectivity index (χ0n) is 15.8. The highest BCUT2D eigenvalue weighted by Crippen LogP contribution is 2.28. The molecule has 4 amide bonds. The summed E-state index contributed by atoms with van der Waals surface area (Å²) in [4.78, 5) is 38.2. The van der Waals surface area contributed by atoms with Gasteiger partial charge in [0.1, 0.15) is 17.9 Å². The number of aryl methyl sites for hydroxylation is 1. The van der Waals surface area contributed by atoms with E-state index in [4.69, 9.17) is 0 Å². The van der Waals surface area contributed by atoms with Gasteiger partial charge in [0, 0.05) is 6.54 Å². The van der Waals surface area contributed by atoms with Gasteiger partial charge in [-0.15, -0.1) is 0 Å². The minimum atomic E-state index is -1.20. The Labute approximate surface area is 162 Å². The molecule has 0 aromatic heterocycles. The maximum atomic E-state index is 13.2. The van der Waals surface area contributed by atoms with E-state index in [-0.39, 0.29) is 18.9 Å². The number of urea groups is 1. The lowest BCUT2D eigenvalue weighted by atomic mass is 9.91. The number of carbonyl (C=O) groups excluding carboxylic acids is 3. The summed E-state index contributed by atoms with van der Waals surface area (Å²) in [7, 11) is 0. The lowest BCUT2D eigenvalue weighted by Gasteiger charge is -2.22. The van der Waals surface area contributed by atoms with E-state index in [0.717, 1.165) is 16.0 Å². The van der Waals surface area contributed by atoms with Gasteiger partial charge in [-0.3, -0.25) is 14.5 Å². The van der Waals surface area contributed by atoms with E-state index in [1.165, 1.54) is 12.1 Å². The van der Waals surface area contributed by atoms with E-state index >= 15 is 0 Å². The Balaban J connectivity index is 1.59. The number of nitrogens with zero attached hydrogens (tertiary/aromatic N) is 1. The first kappa shape index (κ1) is 19.5. The van der Waals surface area contributed by atoms with E-state index in [0.29, 0.717) is 12.0 Å². The first-order chi connectivity index (χ1) is 13.3. The summed E-state index contributed by atoms with van der Waals surface area (Å²) in [6, 6.07) is 12.8. The van der Waals surface area contributed by atoms with Crippen LogP contribution in [0.25, 0.3) is 0 Å². The highest BCUT2D eigenvalue weighted by molar-refractivity contribution is 6.09. The van der Waals surface area contributed by atoms with Crippen LogP contribution < -0.4 is 10.6 Å². The summed E-state index contributed by atoms with van der Waals surface area (Å²) in [6.07, 6.45) is 0.449. The molecular formula is C21H22FN3O3. The highest BCUT2D eigenvalue weighted by atomic mass is 19.1. The Kier molecular flexibility index (Phi) is 5.44. The van der Waals surface area contributed by atoms with Crippen molar-refractivity contribution < 1.29 is 18.8 Å². The lowest BCUT2D eigenvalue weighted by Crippen LogP contribution is -2.43. The number of nitrogens with one attached hydrogen (secondary N) is 2. The van der Waals surface area contributed by atoms with Crippen LogP contribution >= 0.6 is 0 Å². The lowest BCUT2D eigenvalue weighted by molar-refractivity contribution is -0.134. The molecule has 2 aromatic carbocycles. The van der Waals surface area contributed by atoms with Crippen LogP contribution in [-0.4, -0.2) is 35.8 Å². The third kappa shape index (κ3) is 4.03. The normalized spacial score (nSPS) is 18.9. The van der Waals surface area contributed by atoms with Gasteiger partial charge in [-0.05, 0) is 43.5 Å². The molecule has 1 heterocycles.